The first-order valence-electron chi connectivity index (χ1n) is 10.2. The van der Waals surface area contributed by atoms with E-state index in [2.05, 4.69) is 10.2 Å². The minimum absolute atomic E-state index is 0.139. The van der Waals surface area contributed by atoms with E-state index in [1.165, 1.54) is 12.1 Å². The summed E-state index contributed by atoms with van der Waals surface area (Å²) < 4.78 is 24.9. The molecule has 2 atom stereocenters. The van der Waals surface area contributed by atoms with Crippen molar-refractivity contribution < 1.29 is 18.7 Å². The zero-order valence-electron chi connectivity index (χ0n) is 17.3. The van der Waals surface area contributed by atoms with Gasteiger partial charge in [0, 0.05) is 24.8 Å². The Labute approximate surface area is 181 Å². The predicted molar refractivity (Wildman–Crippen MR) is 117 cm³/mol. The fourth-order valence-electron chi connectivity index (χ4n) is 3.89. The minimum Gasteiger partial charge on any atom is -0.497 e. The number of halogens is 1. The van der Waals surface area contributed by atoms with Gasteiger partial charge >= 0.3 is 0 Å². The molecule has 1 fully saturated rings. The van der Waals surface area contributed by atoms with E-state index in [0.29, 0.717) is 31.1 Å². The van der Waals surface area contributed by atoms with E-state index in [-0.39, 0.29) is 17.8 Å². The van der Waals surface area contributed by atoms with Crippen LogP contribution in [0, 0.1) is 5.82 Å². The van der Waals surface area contributed by atoms with E-state index in [1.54, 1.807) is 19.2 Å². The van der Waals surface area contributed by atoms with Crippen molar-refractivity contribution >= 4 is 11.6 Å². The van der Waals surface area contributed by atoms with Gasteiger partial charge in [-0.15, -0.1) is 0 Å². The van der Waals surface area contributed by atoms with Gasteiger partial charge in [-0.1, -0.05) is 48.5 Å². The molecule has 3 aromatic rings. The third-order valence-electron chi connectivity index (χ3n) is 5.38. The molecule has 1 aliphatic rings. The number of anilines is 1. The number of methoxy groups -OCH3 is 1. The van der Waals surface area contributed by atoms with E-state index in [4.69, 9.17) is 9.47 Å². The second-order valence-corrected chi connectivity index (χ2v) is 7.44. The van der Waals surface area contributed by atoms with Crippen LogP contribution in [0.1, 0.15) is 23.3 Å². The van der Waals surface area contributed by atoms with Gasteiger partial charge in [-0.25, -0.2) is 4.39 Å². The highest BCUT2D eigenvalue weighted by Gasteiger charge is 2.33. The molecule has 0 aliphatic carbocycles. The van der Waals surface area contributed by atoms with Crippen molar-refractivity contribution in [2.45, 2.75) is 12.1 Å². The molecule has 1 amide bonds. The number of ether oxygens (including phenoxy) is 2. The molecule has 1 aliphatic heterocycles. The zero-order chi connectivity index (χ0) is 21.6. The maximum atomic E-state index is 13.7. The molecule has 5 nitrogen and oxygen atoms in total. The molecule has 6 heteroatoms. The Kier molecular flexibility index (Phi) is 6.60. The molecular weight excluding hydrogens is 395 g/mol. The Bertz CT molecular complexity index is 1030. The summed E-state index contributed by atoms with van der Waals surface area (Å²) in [6.45, 7) is 1.53. The lowest BCUT2D eigenvalue weighted by atomic mass is 10.0. The summed E-state index contributed by atoms with van der Waals surface area (Å²) in [7, 11) is 1.59. The SMILES string of the molecule is COc1cccc(NC(=O)C(c2ccccc2)N2CCOC(c3cccc(F)c3)C2)c1. The maximum Gasteiger partial charge on any atom is 0.246 e. The highest BCUT2D eigenvalue weighted by atomic mass is 19.1. The molecular formula is C25H25FN2O3. The third kappa shape index (κ3) is 5.10. The van der Waals surface area contributed by atoms with Crippen molar-refractivity contribution in [3.63, 3.8) is 0 Å². The van der Waals surface area contributed by atoms with Gasteiger partial charge in [0.1, 0.15) is 17.6 Å². The topological polar surface area (TPSA) is 50.8 Å². The summed E-state index contributed by atoms with van der Waals surface area (Å²) in [5, 5.41) is 3.01. The first-order valence-corrected chi connectivity index (χ1v) is 10.2. The summed E-state index contributed by atoms with van der Waals surface area (Å²) in [6, 6.07) is 22.9. The van der Waals surface area contributed by atoms with E-state index in [1.807, 2.05) is 54.6 Å². The zero-order valence-corrected chi connectivity index (χ0v) is 17.3. The number of nitrogens with one attached hydrogen (secondary N) is 1. The van der Waals surface area contributed by atoms with Crippen LogP contribution in [0.15, 0.2) is 78.9 Å². The third-order valence-corrected chi connectivity index (χ3v) is 5.38. The number of hydrogen-bond acceptors (Lipinski definition) is 4. The molecule has 31 heavy (non-hydrogen) atoms. The van der Waals surface area contributed by atoms with Crippen LogP contribution in [-0.2, 0) is 9.53 Å². The number of carbonyl (C=O) groups is 1. The van der Waals surface area contributed by atoms with Gasteiger partial charge in [0.2, 0.25) is 5.91 Å². The summed E-state index contributed by atoms with van der Waals surface area (Å²) in [4.78, 5) is 15.5. The van der Waals surface area contributed by atoms with Gasteiger partial charge in [-0.2, -0.15) is 0 Å². The number of rotatable bonds is 6. The van der Waals surface area contributed by atoms with Gasteiger partial charge in [0.25, 0.3) is 0 Å². The molecule has 0 bridgehead atoms. The Morgan fingerprint density at radius 1 is 1.10 bits per heavy atom. The van der Waals surface area contributed by atoms with Gasteiger partial charge < -0.3 is 14.8 Å². The van der Waals surface area contributed by atoms with Crippen molar-refractivity contribution in [2.24, 2.45) is 0 Å². The standard InChI is InChI=1S/C25H25FN2O3/c1-30-22-12-6-11-21(16-22)27-25(29)24(18-7-3-2-4-8-18)28-13-14-31-23(17-28)19-9-5-10-20(26)15-19/h2-12,15-16,23-24H,13-14,17H2,1H3,(H,27,29). The molecule has 4 rings (SSSR count). The smallest absolute Gasteiger partial charge is 0.246 e. The van der Waals surface area contributed by atoms with Gasteiger partial charge in [0.15, 0.2) is 0 Å². The van der Waals surface area contributed by atoms with Crippen LogP contribution in [-0.4, -0.2) is 37.6 Å². The maximum absolute atomic E-state index is 13.7. The van der Waals surface area contributed by atoms with Crippen LogP contribution < -0.4 is 10.1 Å². The number of carbonyl (C=O) groups excluding carboxylic acids is 1. The van der Waals surface area contributed by atoms with Crippen molar-refractivity contribution in [2.75, 3.05) is 32.1 Å². The van der Waals surface area contributed by atoms with E-state index in [9.17, 15) is 9.18 Å². The molecule has 2 unspecified atom stereocenters. The molecule has 0 aromatic heterocycles. The largest absolute Gasteiger partial charge is 0.497 e. The lowest BCUT2D eigenvalue weighted by Crippen LogP contribution is -2.45. The van der Waals surface area contributed by atoms with Crippen molar-refractivity contribution in [3.05, 3.63) is 95.8 Å². The molecule has 1 saturated heterocycles. The molecule has 160 valence electrons. The number of hydrogen-bond donors (Lipinski definition) is 1. The van der Waals surface area contributed by atoms with Crippen molar-refractivity contribution in [1.29, 1.82) is 0 Å². The fourth-order valence-corrected chi connectivity index (χ4v) is 3.89. The van der Waals surface area contributed by atoms with Crippen LogP contribution in [0.4, 0.5) is 10.1 Å². The van der Waals surface area contributed by atoms with Crippen molar-refractivity contribution in [3.8, 4) is 5.75 Å². The van der Waals surface area contributed by atoms with E-state index >= 15 is 0 Å². The fraction of sp³-hybridized carbons (Fsp3) is 0.240. The van der Waals surface area contributed by atoms with Crippen LogP contribution in [0.5, 0.6) is 5.75 Å². The monoisotopic (exact) mass is 420 g/mol. The molecule has 1 heterocycles. The van der Waals surface area contributed by atoms with Gasteiger partial charge in [-0.3, -0.25) is 9.69 Å². The number of nitrogens with zero attached hydrogens (tertiary/aromatic N) is 1. The normalized spacial score (nSPS) is 17.7. The average Bonchev–Trinajstić information content (AvgIpc) is 2.80. The second-order valence-electron chi connectivity index (χ2n) is 7.44. The molecule has 0 saturated carbocycles. The summed E-state index contributed by atoms with van der Waals surface area (Å²) in [5.74, 6) is 0.236. The van der Waals surface area contributed by atoms with Gasteiger partial charge in [0.05, 0.1) is 19.8 Å². The van der Waals surface area contributed by atoms with Gasteiger partial charge in [-0.05, 0) is 35.4 Å². The first kappa shape index (κ1) is 21.0. The lowest BCUT2D eigenvalue weighted by molar-refractivity contribution is -0.125. The Balaban J connectivity index is 1.59. The highest BCUT2D eigenvalue weighted by molar-refractivity contribution is 5.95. The highest BCUT2D eigenvalue weighted by Crippen LogP contribution is 2.30. The summed E-state index contributed by atoms with van der Waals surface area (Å²) in [6.07, 6.45) is -0.305. The van der Waals surface area contributed by atoms with E-state index < -0.39 is 6.04 Å². The summed E-state index contributed by atoms with van der Waals surface area (Å²) >= 11 is 0. The molecule has 3 aromatic carbocycles. The quantitative estimate of drug-likeness (QED) is 0.634. The van der Waals surface area contributed by atoms with Crippen molar-refractivity contribution in [1.82, 2.24) is 4.90 Å². The van der Waals surface area contributed by atoms with Crippen LogP contribution in [0.2, 0.25) is 0 Å². The van der Waals surface area contributed by atoms with Crippen LogP contribution >= 0.6 is 0 Å². The second kappa shape index (κ2) is 9.73. The Morgan fingerprint density at radius 3 is 2.68 bits per heavy atom. The Hall–Kier alpha value is -3.22. The number of morpholine rings is 1. The summed E-state index contributed by atoms with van der Waals surface area (Å²) in [5.41, 5.74) is 2.33. The molecule has 0 radical (unpaired) electrons. The van der Waals surface area contributed by atoms with E-state index in [0.717, 1.165) is 11.1 Å². The Morgan fingerprint density at radius 2 is 1.90 bits per heavy atom. The molecule has 1 N–H and O–H groups in total. The first-order chi connectivity index (χ1) is 15.1. The molecule has 0 spiro atoms. The predicted octanol–water partition coefficient (Wildman–Crippen LogP) is 4.59. The van der Waals surface area contributed by atoms with Crippen LogP contribution in [0.25, 0.3) is 0 Å². The minimum atomic E-state index is -0.507. The van der Waals surface area contributed by atoms with Crippen LogP contribution in [0.3, 0.4) is 0 Å². The number of amides is 1. The lowest BCUT2D eigenvalue weighted by Gasteiger charge is -2.38. The number of benzene rings is 3. The average molecular weight is 420 g/mol.